The van der Waals surface area contributed by atoms with Gasteiger partial charge in [0.2, 0.25) is 5.91 Å². The first-order chi connectivity index (χ1) is 14.7. The summed E-state index contributed by atoms with van der Waals surface area (Å²) < 4.78 is 53.8. The highest BCUT2D eigenvalue weighted by molar-refractivity contribution is 5.95. The van der Waals surface area contributed by atoms with Crippen molar-refractivity contribution in [2.24, 2.45) is 0 Å². The van der Waals surface area contributed by atoms with Crippen molar-refractivity contribution in [1.82, 2.24) is 9.80 Å². The standard InChI is InChI=1S/C22H21F4N3O2/c23-16-11-19(20(30)28-10-9-14-5-1-2-6-15(14)12-28)29(13-16)21(31)27-18-8-4-3-7-17(18)22(24,25)26/h1-8,16,19H,9-13H2,(H,27,31)/t16-,19-/m0/s1. The van der Waals surface area contributed by atoms with E-state index in [0.29, 0.717) is 19.5 Å². The second-order valence-electron chi connectivity index (χ2n) is 7.75. The summed E-state index contributed by atoms with van der Waals surface area (Å²) in [5.41, 5.74) is 0.696. The summed E-state index contributed by atoms with van der Waals surface area (Å²) in [4.78, 5) is 28.4. The first-order valence-electron chi connectivity index (χ1n) is 9.97. The minimum atomic E-state index is -4.66. The number of benzene rings is 2. The molecule has 2 aromatic carbocycles. The summed E-state index contributed by atoms with van der Waals surface area (Å²) in [6.07, 6.45) is -5.60. The van der Waals surface area contributed by atoms with Gasteiger partial charge < -0.3 is 15.1 Å². The number of likely N-dealkylation sites (tertiary alicyclic amines) is 1. The Balaban J connectivity index is 1.51. The third-order valence-corrected chi connectivity index (χ3v) is 5.71. The zero-order valence-corrected chi connectivity index (χ0v) is 16.5. The molecule has 2 aromatic rings. The van der Waals surface area contributed by atoms with E-state index in [0.717, 1.165) is 28.2 Å². The van der Waals surface area contributed by atoms with Gasteiger partial charge >= 0.3 is 12.2 Å². The number of amides is 3. The molecule has 9 heteroatoms. The summed E-state index contributed by atoms with van der Waals surface area (Å²) >= 11 is 0. The van der Waals surface area contributed by atoms with E-state index in [1.165, 1.54) is 12.1 Å². The van der Waals surface area contributed by atoms with Gasteiger partial charge in [-0.25, -0.2) is 9.18 Å². The number of rotatable bonds is 2. The minimum Gasteiger partial charge on any atom is -0.336 e. The van der Waals surface area contributed by atoms with Crippen LogP contribution in [0.4, 0.5) is 28.0 Å². The molecule has 2 aliphatic heterocycles. The highest BCUT2D eigenvalue weighted by atomic mass is 19.4. The third-order valence-electron chi connectivity index (χ3n) is 5.71. The molecule has 2 aliphatic rings. The molecular weight excluding hydrogens is 414 g/mol. The Hall–Kier alpha value is -3.10. The fraction of sp³-hybridized carbons (Fsp3) is 0.364. The quantitative estimate of drug-likeness (QED) is 0.718. The maximum atomic E-state index is 14.2. The lowest BCUT2D eigenvalue weighted by molar-refractivity contribution is -0.137. The Morgan fingerprint density at radius 1 is 1.00 bits per heavy atom. The van der Waals surface area contributed by atoms with Crippen LogP contribution in [-0.4, -0.2) is 47.0 Å². The lowest BCUT2D eigenvalue weighted by Crippen LogP contribution is -2.50. The number of fused-ring (bicyclic) bond motifs is 1. The number of halogens is 4. The second-order valence-corrected chi connectivity index (χ2v) is 7.75. The van der Waals surface area contributed by atoms with Crippen molar-refractivity contribution >= 4 is 17.6 Å². The van der Waals surface area contributed by atoms with E-state index < -0.39 is 41.6 Å². The molecule has 1 saturated heterocycles. The van der Waals surface area contributed by atoms with Crippen molar-refractivity contribution in [3.63, 3.8) is 0 Å². The highest BCUT2D eigenvalue weighted by Gasteiger charge is 2.43. The summed E-state index contributed by atoms with van der Waals surface area (Å²) in [6.45, 7) is 0.450. The van der Waals surface area contributed by atoms with Crippen molar-refractivity contribution in [3.05, 3.63) is 65.2 Å². The van der Waals surface area contributed by atoms with Crippen LogP contribution in [0.2, 0.25) is 0 Å². The number of hydrogen-bond donors (Lipinski definition) is 1. The second kappa shape index (κ2) is 8.20. The molecule has 164 valence electrons. The zero-order valence-electron chi connectivity index (χ0n) is 16.5. The molecule has 0 spiro atoms. The molecular formula is C22H21F4N3O2. The molecule has 5 nitrogen and oxygen atoms in total. The maximum absolute atomic E-state index is 14.2. The molecule has 0 aliphatic carbocycles. The van der Waals surface area contributed by atoms with Gasteiger partial charge in [-0.2, -0.15) is 13.2 Å². The van der Waals surface area contributed by atoms with Crippen molar-refractivity contribution < 1.29 is 27.2 Å². The number of hydrogen-bond acceptors (Lipinski definition) is 2. The predicted octanol–water partition coefficient (Wildman–Crippen LogP) is 4.23. The van der Waals surface area contributed by atoms with Gasteiger partial charge in [0.05, 0.1) is 17.8 Å². The van der Waals surface area contributed by atoms with Crippen LogP contribution >= 0.6 is 0 Å². The van der Waals surface area contributed by atoms with Crippen LogP contribution in [-0.2, 0) is 23.9 Å². The summed E-state index contributed by atoms with van der Waals surface area (Å²) in [7, 11) is 0. The lowest BCUT2D eigenvalue weighted by atomic mass is 9.99. The van der Waals surface area contributed by atoms with Crippen molar-refractivity contribution in [2.45, 2.75) is 37.8 Å². The number of para-hydroxylation sites is 1. The number of alkyl halides is 4. The van der Waals surface area contributed by atoms with Crippen LogP contribution in [0.3, 0.4) is 0 Å². The van der Waals surface area contributed by atoms with Crippen LogP contribution < -0.4 is 5.32 Å². The van der Waals surface area contributed by atoms with E-state index in [1.807, 2.05) is 24.3 Å². The molecule has 0 unspecified atom stereocenters. The topological polar surface area (TPSA) is 52.7 Å². The number of anilines is 1. The fourth-order valence-corrected chi connectivity index (χ4v) is 4.16. The van der Waals surface area contributed by atoms with Gasteiger partial charge in [-0.1, -0.05) is 36.4 Å². The zero-order chi connectivity index (χ0) is 22.2. The van der Waals surface area contributed by atoms with E-state index in [-0.39, 0.29) is 13.0 Å². The normalized spacial score (nSPS) is 21.0. The average molecular weight is 435 g/mol. The summed E-state index contributed by atoms with van der Waals surface area (Å²) in [6, 6.07) is 10.3. The van der Waals surface area contributed by atoms with Crippen molar-refractivity contribution in [2.75, 3.05) is 18.4 Å². The van der Waals surface area contributed by atoms with Gasteiger partial charge in [0.25, 0.3) is 0 Å². The van der Waals surface area contributed by atoms with Gasteiger partial charge in [-0.3, -0.25) is 4.79 Å². The first-order valence-corrected chi connectivity index (χ1v) is 9.97. The minimum absolute atomic E-state index is 0.175. The molecule has 31 heavy (non-hydrogen) atoms. The molecule has 0 saturated carbocycles. The Morgan fingerprint density at radius 3 is 2.42 bits per heavy atom. The van der Waals surface area contributed by atoms with Gasteiger partial charge in [0.15, 0.2) is 0 Å². The fourth-order valence-electron chi connectivity index (χ4n) is 4.16. The van der Waals surface area contributed by atoms with Crippen LogP contribution in [0.5, 0.6) is 0 Å². The van der Waals surface area contributed by atoms with Crippen molar-refractivity contribution in [1.29, 1.82) is 0 Å². The number of urea groups is 1. The summed E-state index contributed by atoms with van der Waals surface area (Å²) in [5, 5.41) is 2.21. The van der Waals surface area contributed by atoms with E-state index in [9.17, 15) is 27.2 Å². The smallest absolute Gasteiger partial charge is 0.336 e. The number of nitrogens with one attached hydrogen (secondary N) is 1. The molecule has 2 heterocycles. The van der Waals surface area contributed by atoms with Gasteiger partial charge in [-0.05, 0) is 29.7 Å². The summed E-state index contributed by atoms with van der Waals surface area (Å²) in [5.74, 6) is -0.395. The molecule has 3 amide bonds. The van der Waals surface area contributed by atoms with Crippen molar-refractivity contribution in [3.8, 4) is 0 Å². The SMILES string of the molecule is O=C([C@@H]1C[C@H](F)CN1C(=O)Nc1ccccc1C(F)(F)F)N1CCc2ccccc2C1. The van der Waals surface area contributed by atoms with E-state index in [4.69, 9.17) is 0 Å². The highest BCUT2D eigenvalue weighted by Crippen LogP contribution is 2.35. The molecule has 1 fully saturated rings. The average Bonchev–Trinajstić information content (AvgIpc) is 3.14. The first kappa shape index (κ1) is 21.1. The molecule has 0 aromatic heterocycles. The van der Waals surface area contributed by atoms with E-state index >= 15 is 0 Å². The third kappa shape index (κ3) is 4.35. The molecule has 2 atom stereocenters. The van der Waals surface area contributed by atoms with E-state index in [1.54, 1.807) is 4.90 Å². The maximum Gasteiger partial charge on any atom is 0.418 e. The Kier molecular flexibility index (Phi) is 5.60. The lowest BCUT2D eigenvalue weighted by Gasteiger charge is -2.33. The number of carbonyl (C=O) groups excluding carboxylic acids is 2. The Labute approximate surface area is 176 Å². The van der Waals surface area contributed by atoms with Crippen LogP contribution in [0.25, 0.3) is 0 Å². The molecule has 4 rings (SSSR count). The Bertz CT molecular complexity index is 995. The van der Waals surface area contributed by atoms with Gasteiger partial charge in [0.1, 0.15) is 12.2 Å². The van der Waals surface area contributed by atoms with E-state index in [2.05, 4.69) is 5.32 Å². The molecule has 0 bridgehead atoms. The van der Waals surface area contributed by atoms with Crippen LogP contribution in [0.1, 0.15) is 23.1 Å². The molecule has 1 N–H and O–H groups in total. The molecule has 0 radical (unpaired) electrons. The van der Waals surface area contributed by atoms with Crippen LogP contribution in [0, 0.1) is 0 Å². The number of nitrogens with zero attached hydrogens (tertiary/aromatic N) is 2. The largest absolute Gasteiger partial charge is 0.418 e. The van der Waals surface area contributed by atoms with Crippen LogP contribution in [0.15, 0.2) is 48.5 Å². The van der Waals surface area contributed by atoms with Gasteiger partial charge in [-0.15, -0.1) is 0 Å². The predicted molar refractivity (Wildman–Crippen MR) is 106 cm³/mol. The number of carbonyl (C=O) groups is 2. The van der Waals surface area contributed by atoms with Gasteiger partial charge in [0, 0.05) is 19.5 Å². The monoisotopic (exact) mass is 435 g/mol. The Morgan fingerprint density at radius 2 is 1.68 bits per heavy atom.